The molecule has 8 aromatic rings. The summed E-state index contributed by atoms with van der Waals surface area (Å²) >= 11 is 0. The number of hydrogen-bond acceptors (Lipinski definition) is 11. The number of carbonyl (C=O) groups is 2. The molecule has 0 bridgehead atoms. The normalized spacial score (nSPS) is 14.7. The summed E-state index contributed by atoms with van der Waals surface area (Å²) in [6.45, 7) is 7.19. The van der Waals surface area contributed by atoms with E-state index in [2.05, 4.69) is 42.2 Å². The minimum absolute atomic E-state index is 0.0130. The summed E-state index contributed by atoms with van der Waals surface area (Å²) in [6.07, 6.45) is 3.03. The van der Waals surface area contributed by atoms with Crippen LogP contribution >= 0.6 is 0 Å². The Balaban J connectivity index is 0.000000174. The van der Waals surface area contributed by atoms with Gasteiger partial charge in [-0.05, 0) is 105 Å². The Labute approximate surface area is 404 Å². The molecule has 2 aliphatic heterocycles. The molecule has 2 aliphatic rings. The molecule has 14 heteroatoms. The molecule has 0 saturated carbocycles. The quantitative estimate of drug-likeness (QED) is 0.110. The minimum atomic E-state index is -0.696. The third kappa shape index (κ3) is 11.6. The van der Waals surface area contributed by atoms with Crippen molar-refractivity contribution in [3.8, 4) is 67.9 Å². The lowest BCUT2D eigenvalue weighted by Crippen LogP contribution is -2.36. The number of carboxylic acids is 1. The molecule has 10 rings (SSSR count). The van der Waals surface area contributed by atoms with E-state index < -0.39 is 5.97 Å². The zero-order valence-electron chi connectivity index (χ0n) is 38.7. The number of aliphatic carboxylic acids is 1. The molecule has 6 aromatic carbocycles. The number of aromatic nitrogens is 4. The van der Waals surface area contributed by atoms with Crippen LogP contribution in [0.3, 0.4) is 0 Å². The van der Waals surface area contributed by atoms with Gasteiger partial charge in [-0.2, -0.15) is 9.97 Å². The van der Waals surface area contributed by atoms with E-state index in [4.69, 9.17) is 18.9 Å². The van der Waals surface area contributed by atoms with Crippen molar-refractivity contribution in [1.29, 1.82) is 0 Å². The number of hydrogen-bond donors (Lipinski definition) is 1. The van der Waals surface area contributed by atoms with Gasteiger partial charge in [-0.15, -0.1) is 0 Å². The standard InChI is InChI=1S/C29H28FN3O3.C27H24FN3O3/c1-2-35-29(34)23-14-16-33(17-15-23)19-20-8-10-22(11-9-20)27-31-28(36-32-27)24-12-13-25(26(30)18-24)21-6-4-3-5-7-21;28-24-16-22(10-11-23(24)19-4-2-1-3-5-19)26-29-25(30-34-26)20-8-6-18(7-9-20)17-31-14-12-21(13-15-31)27(32)33/h3-13,18,23H,2,14-17,19H2,1H3;1-11,16,21H,12-15,17H2,(H,32,33). The molecule has 1 N–H and O–H groups in total. The molecule has 12 nitrogen and oxygen atoms in total. The smallest absolute Gasteiger partial charge is 0.309 e. The molecule has 0 amide bonds. The second kappa shape index (κ2) is 22.2. The Kier molecular flexibility index (Phi) is 15.0. The van der Waals surface area contributed by atoms with Crippen molar-refractivity contribution in [1.82, 2.24) is 30.1 Å². The summed E-state index contributed by atoms with van der Waals surface area (Å²) < 4.78 is 45.5. The third-order valence-electron chi connectivity index (χ3n) is 12.8. The second-order valence-corrected chi connectivity index (χ2v) is 17.6. The van der Waals surface area contributed by atoms with Crippen LogP contribution in [-0.4, -0.2) is 79.9 Å². The van der Waals surface area contributed by atoms with Crippen molar-refractivity contribution in [2.24, 2.45) is 11.8 Å². The number of halogens is 2. The summed E-state index contributed by atoms with van der Waals surface area (Å²) in [5.74, 6) is -0.233. The first-order valence-electron chi connectivity index (χ1n) is 23.6. The SMILES string of the molecule is CCOC(=O)C1CCN(Cc2ccc(-c3noc(-c4ccc(-c5ccccc5)c(F)c4)n3)cc2)CC1.O=C(O)C1CCN(Cc2ccc(-c3noc(-c4ccc(-c5ccccc5)c(F)c4)n3)cc2)CC1. The first-order chi connectivity index (χ1) is 34.2. The van der Waals surface area contributed by atoms with E-state index in [0.717, 1.165) is 79.9 Å². The van der Waals surface area contributed by atoms with Crippen molar-refractivity contribution < 1.29 is 37.3 Å². The van der Waals surface area contributed by atoms with Gasteiger partial charge in [-0.1, -0.05) is 132 Å². The highest BCUT2D eigenvalue weighted by molar-refractivity contribution is 5.73. The number of carbonyl (C=O) groups excluding carboxylic acids is 1. The largest absolute Gasteiger partial charge is 0.481 e. The number of piperidine rings is 2. The van der Waals surface area contributed by atoms with Gasteiger partial charge in [0.15, 0.2) is 0 Å². The molecule has 2 saturated heterocycles. The van der Waals surface area contributed by atoms with E-state index in [0.29, 0.717) is 53.4 Å². The van der Waals surface area contributed by atoms with E-state index in [1.807, 2.05) is 104 Å². The van der Waals surface area contributed by atoms with Crippen molar-refractivity contribution in [2.75, 3.05) is 32.8 Å². The predicted molar refractivity (Wildman–Crippen MR) is 261 cm³/mol. The van der Waals surface area contributed by atoms with E-state index in [1.165, 1.54) is 17.7 Å². The van der Waals surface area contributed by atoms with Gasteiger partial charge in [-0.3, -0.25) is 19.4 Å². The van der Waals surface area contributed by atoms with Crippen LogP contribution in [0.2, 0.25) is 0 Å². The van der Waals surface area contributed by atoms with Crippen molar-refractivity contribution in [2.45, 2.75) is 45.7 Å². The number of esters is 1. The Morgan fingerprint density at radius 1 is 0.557 bits per heavy atom. The van der Waals surface area contributed by atoms with Gasteiger partial charge in [0.25, 0.3) is 11.8 Å². The van der Waals surface area contributed by atoms with Crippen LogP contribution < -0.4 is 0 Å². The van der Waals surface area contributed by atoms with Crippen molar-refractivity contribution in [3.05, 3.63) is 168 Å². The maximum absolute atomic E-state index is 14.8. The fourth-order valence-electron chi connectivity index (χ4n) is 8.88. The number of nitrogens with zero attached hydrogens (tertiary/aromatic N) is 6. The Hall–Kier alpha value is -7.68. The molecule has 0 aliphatic carbocycles. The fourth-order valence-corrected chi connectivity index (χ4v) is 8.88. The molecule has 356 valence electrons. The van der Waals surface area contributed by atoms with Gasteiger partial charge in [0.2, 0.25) is 11.6 Å². The van der Waals surface area contributed by atoms with E-state index >= 15 is 0 Å². The van der Waals surface area contributed by atoms with Gasteiger partial charge < -0.3 is 18.9 Å². The Bertz CT molecular complexity index is 3000. The van der Waals surface area contributed by atoms with E-state index in [1.54, 1.807) is 24.3 Å². The van der Waals surface area contributed by atoms with Crippen LogP contribution in [0, 0.1) is 23.5 Å². The summed E-state index contributed by atoms with van der Waals surface area (Å²) in [5.41, 5.74) is 7.69. The highest BCUT2D eigenvalue weighted by Crippen LogP contribution is 2.31. The zero-order valence-corrected chi connectivity index (χ0v) is 38.7. The maximum Gasteiger partial charge on any atom is 0.309 e. The summed E-state index contributed by atoms with van der Waals surface area (Å²) in [7, 11) is 0. The van der Waals surface area contributed by atoms with Crippen molar-refractivity contribution >= 4 is 11.9 Å². The average molecular weight is 943 g/mol. The van der Waals surface area contributed by atoms with Crippen LogP contribution in [-0.2, 0) is 27.4 Å². The van der Waals surface area contributed by atoms with Crippen LogP contribution in [0.4, 0.5) is 8.78 Å². The molecular formula is C56H52F2N6O6. The topological polar surface area (TPSA) is 148 Å². The van der Waals surface area contributed by atoms with Crippen LogP contribution in [0.5, 0.6) is 0 Å². The molecular weight excluding hydrogens is 891 g/mol. The monoisotopic (exact) mass is 942 g/mol. The van der Waals surface area contributed by atoms with Gasteiger partial charge in [0.05, 0.1) is 18.4 Å². The highest BCUT2D eigenvalue weighted by Gasteiger charge is 2.27. The highest BCUT2D eigenvalue weighted by atomic mass is 19.1. The number of carboxylic acid groups (broad SMARTS) is 1. The first kappa shape index (κ1) is 47.4. The molecule has 0 radical (unpaired) electrons. The number of likely N-dealkylation sites (tertiary alicyclic amines) is 2. The third-order valence-corrected chi connectivity index (χ3v) is 12.8. The lowest BCUT2D eigenvalue weighted by atomic mass is 9.96. The lowest BCUT2D eigenvalue weighted by molar-refractivity contribution is -0.149. The molecule has 0 unspecified atom stereocenters. The maximum atomic E-state index is 14.8. The molecule has 0 atom stereocenters. The molecule has 0 spiro atoms. The number of benzene rings is 6. The van der Waals surface area contributed by atoms with Crippen LogP contribution in [0.1, 0.15) is 43.7 Å². The first-order valence-corrected chi connectivity index (χ1v) is 23.6. The van der Waals surface area contributed by atoms with E-state index in [-0.39, 0.29) is 41.2 Å². The fraction of sp³-hybridized carbons (Fsp3) is 0.250. The molecule has 2 aromatic heterocycles. The number of rotatable bonds is 13. The van der Waals surface area contributed by atoms with Gasteiger partial charge in [0.1, 0.15) is 11.6 Å². The van der Waals surface area contributed by atoms with Gasteiger partial charge in [0, 0.05) is 46.5 Å². The van der Waals surface area contributed by atoms with Crippen molar-refractivity contribution in [3.63, 3.8) is 0 Å². The second-order valence-electron chi connectivity index (χ2n) is 17.6. The Morgan fingerprint density at radius 3 is 1.34 bits per heavy atom. The van der Waals surface area contributed by atoms with Crippen LogP contribution in [0.15, 0.2) is 155 Å². The summed E-state index contributed by atoms with van der Waals surface area (Å²) in [5, 5.41) is 17.3. The summed E-state index contributed by atoms with van der Waals surface area (Å²) in [4.78, 5) is 36.6. The minimum Gasteiger partial charge on any atom is -0.481 e. The number of ether oxygens (including phenoxy) is 1. The summed E-state index contributed by atoms with van der Waals surface area (Å²) in [6, 6.07) is 44.6. The Morgan fingerprint density at radius 2 is 0.957 bits per heavy atom. The van der Waals surface area contributed by atoms with Gasteiger partial charge >= 0.3 is 11.9 Å². The molecule has 4 heterocycles. The molecule has 70 heavy (non-hydrogen) atoms. The molecule has 2 fully saturated rings. The average Bonchev–Trinajstić information content (AvgIpc) is 4.10. The van der Waals surface area contributed by atoms with E-state index in [9.17, 15) is 18.4 Å². The zero-order chi connectivity index (χ0) is 48.4. The lowest BCUT2D eigenvalue weighted by Gasteiger charge is -2.30. The van der Waals surface area contributed by atoms with Crippen LogP contribution in [0.25, 0.3) is 67.9 Å². The van der Waals surface area contributed by atoms with Gasteiger partial charge in [-0.25, -0.2) is 8.78 Å². The predicted octanol–water partition coefficient (Wildman–Crippen LogP) is 11.5.